The number of aromatic nitrogens is 2. The Morgan fingerprint density at radius 1 is 1.22 bits per heavy atom. The summed E-state index contributed by atoms with van der Waals surface area (Å²) in [7, 11) is 1.70. The van der Waals surface area contributed by atoms with E-state index in [1.165, 1.54) is 16.0 Å². The molecule has 0 spiro atoms. The normalized spacial score (nSPS) is 11.1. The van der Waals surface area contributed by atoms with Crippen molar-refractivity contribution in [3.05, 3.63) is 40.5 Å². The average Bonchev–Trinajstić information content (AvgIpc) is 2.88. The summed E-state index contributed by atoms with van der Waals surface area (Å²) in [6, 6.07) is 10.3. The molecule has 0 amide bonds. The number of hydrogen-bond donors (Lipinski definition) is 1. The van der Waals surface area contributed by atoms with Gasteiger partial charge in [-0.3, -0.25) is 0 Å². The van der Waals surface area contributed by atoms with Crippen molar-refractivity contribution < 1.29 is 4.74 Å². The minimum Gasteiger partial charge on any atom is -0.385 e. The third-order valence-electron chi connectivity index (χ3n) is 3.58. The Labute approximate surface area is 144 Å². The fourth-order valence-electron chi connectivity index (χ4n) is 2.59. The second-order valence-electron chi connectivity index (χ2n) is 5.19. The largest absolute Gasteiger partial charge is 0.385 e. The maximum absolute atomic E-state index is 6.09. The molecule has 2 aromatic heterocycles. The second-order valence-corrected chi connectivity index (χ2v) is 6.74. The number of nitrogens with zero attached hydrogens (tertiary/aromatic N) is 2. The first kappa shape index (κ1) is 16.2. The Balaban J connectivity index is 2.08. The lowest BCUT2D eigenvalue weighted by Crippen LogP contribution is -2.07. The molecule has 23 heavy (non-hydrogen) atoms. The Morgan fingerprint density at radius 2 is 2.00 bits per heavy atom. The zero-order valence-corrected chi connectivity index (χ0v) is 14.7. The van der Waals surface area contributed by atoms with E-state index < -0.39 is 0 Å². The molecule has 6 heteroatoms. The highest BCUT2D eigenvalue weighted by Gasteiger charge is 2.17. The molecule has 3 aromatic rings. The topological polar surface area (TPSA) is 47.0 Å². The molecule has 1 aromatic carbocycles. The molecule has 0 atom stereocenters. The van der Waals surface area contributed by atoms with Crippen LogP contribution < -0.4 is 5.32 Å². The molecule has 0 aliphatic heterocycles. The molecular weight excluding hydrogens is 330 g/mol. The SMILES string of the molecule is COCCCNc1nc(Cl)nc2sc(C)c(-c3ccccc3)c12. The molecule has 0 aliphatic carbocycles. The zero-order chi connectivity index (χ0) is 16.2. The standard InChI is InChI=1S/C17H18ClN3OS/c1-11-13(12-7-4-3-5-8-12)14-15(19-9-6-10-22-2)20-17(18)21-16(14)23-11/h3-5,7-8H,6,9-10H2,1-2H3,(H,19,20,21). The molecule has 4 nitrogen and oxygen atoms in total. The van der Waals surface area contributed by atoms with Crippen LogP contribution in [-0.4, -0.2) is 30.2 Å². The number of benzene rings is 1. The fraction of sp³-hybridized carbons (Fsp3) is 0.294. The molecule has 0 radical (unpaired) electrons. The van der Waals surface area contributed by atoms with Gasteiger partial charge in [0.15, 0.2) is 0 Å². The van der Waals surface area contributed by atoms with Crippen molar-refractivity contribution in [2.24, 2.45) is 0 Å². The van der Waals surface area contributed by atoms with Crippen LogP contribution in [-0.2, 0) is 4.74 Å². The Kier molecular flexibility index (Phi) is 5.10. The molecule has 120 valence electrons. The van der Waals surface area contributed by atoms with E-state index >= 15 is 0 Å². The third kappa shape index (κ3) is 3.47. The molecule has 0 saturated carbocycles. The summed E-state index contributed by atoms with van der Waals surface area (Å²) in [5.41, 5.74) is 2.35. The van der Waals surface area contributed by atoms with Gasteiger partial charge in [0, 0.05) is 30.7 Å². The van der Waals surface area contributed by atoms with Gasteiger partial charge in [-0.25, -0.2) is 9.97 Å². The third-order valence-corrected chi connectivity index (χ3v) is 4.75. The molecule has 1 N–H and O–H groups in total. The lowest BCUT2D eigenvalue weighted by atomic mass is 10.0. The zero-order valence-electron chi connectivity index (χ0n) is 13.1. The molecule has 2 heterocycles. The molecule has 3 rings (SSSR count). The first-order chi connectivity index (χ1) is 11.2. The van der Waals surface area contributed by atoms with Gasteiger partial charge in [-0.15, -0.1) is 11.3 Å². The molecule has 0 aliphatic rings. The minimum absolute atomic E-state index is 0.271. The van der Waals surface area contributed by atoms with Crippen LogP contribution in [0.5, 0.6) is 0 Å². The Hall–Kier alpha value is -1.69. The van der Waals surface area contributed by atoms with Gasteiger partial charge in [-0.2, -0.15) is 0 Å². The number of halogens is 1. The quantitative estimate of drug-likeness (QED) is 0.515. The summed E-state index contributed by atoms with van der Waals surface area (Å²) >= 11 is 7.74. The van der Waals surface area contributed by atoms with Crippen molar-refractivity contribution >= 4 is 39.0 Å². The maximum Gasteiger partial charge on any atom is 0.225 e. The Morgan fingerprint density at radius 3 is 2.74 bits per heavy atom. The van der Waals surface area contributed by atoms with Crippen LogP contribution in [0.3, 0.4) is 0 Å². The maximum atomic E-state index is 6.09. The number of fused-ring (bicyclic) bond motifs is 1. The van der Waals surface area contributed by atoms with E-state index in [9.17, 15) is 0 Å². The average molecular weight is 348 g/mol. The Bertz CT molecular complexity index is 804. The van der Waals surface area contributed by atoms with Crippen LogP contribution in [0.4, 0.5) is 5.82 Å². The van der Waals surface area contributed by atoms with Crippen molar-refractivity contribution in [2.45, 2.75) is 13.3 Å². The summed E-state index contributed by atoms with van der Waals surface area (Å²) in [5, 5.41) is 4.69. The predicted octanol–water partition coefficient (Wildman–Crippen LogP) is 4.77. The number of methoxy groups -OCH3 is 1. The second kappa shape index (κ2) is 7.25. The van der Waals surface area contributed by atoms with E-state index in [0.29, 0.717) is 6.61 Å². The number of anilines is 1. The molecule has 0 fully saturated rings. The number of nitrogens with one attached hydrogen (secondary N) is 1. The lowest BCUT2D eigenvalue weighted by molar-refractivity contribution is 0.198. The first-order valence-corrected chi connectivity index (χ1v) is 8.65. The summed E-state index contributed by atoms with van der Waals surface area (Å²) in [6.07, 6.45) is 0.906. The van der Waals surface area contributed by atoms with Crippen LogP contribution in [0.2, 0.25) is 5.28 Å². The highest BCUT2D eigenvalue weighted by Crippen LogP contribution is 2.40. The van der Waals surface area contributed by atoms with E-state index in [4.69, 9.17) is 16.3 Å². The highest BCUT2D eigenvalue weighted by molar-refractivity contribution is 7.19. The highest BCUT2D eigenvalue weighted by atomic mass is 35.5. The predicted molar refractivity (Wildman–Crippen MR) is 97.6 cm³/mol. The summed E-state index contributed by atoms with van der Waals surface area (Å²) < 4.78 is 5.09. The van der Waals surface area contributed by atoms with Crippen molar-refractivity contribution in [2.75, 3.05) is 25.6 Å². The van der Waals surface area contributed by atoms with Gasteiger partial charge < -0.3 is 10.1 Å². The van der Waals surface area contributed by atoms with E-state index in [1.54, 1.807) is 18.4 Å². The van der Waals surface area contributed by atoms with Crippen LogP contribution in [0.15, 0.2) is 30.3 Å². The van der Waals surface area contributed by atoms with Crippen molar-refractivity contribution in [1.82, 2.24) is 9.97 Å². The number of aryl methyl sites for hydroxylation is 1. The number of hydrogen-bond acceptors (Lipinski definition) is 5. The van der Waals surface area contributed by atoms with E-state index in [-0.39, 0.29) is 5.28 Å². The summed E-state index contributed by atoms with van der Waals surface area (Å²) in [6.45, 7) is 3.60. The fourth-order valence-corrected chi connectivity index (χ4v) is 3.85. The van der Waals surface area contributed by atoms with Gasteiger partial charge in [0.05, 0.1) is 5.39 Å². The first-order valence-electron chi connectivity index (χ1n) is 7.45. The number of rotatable bonds is 6. The van der Waals surface area contributed by atoms with Gasteiger partial charge in [-0.1, -0.05) is 30.3 Å². The van der Waals surface area contributed by atoms with Gasteiger partial charge in [-0.05, 0) is 30.5 Å². The van der Waals surface area contributed by atoms with Crippen LogP contribution in [0.1, 0.15) is 11.3 Å². The van der Waals surface area contributed by atoms with Gasteiger partial charge >= 0.3 is 0 Å². The van der Waals surface area contributed by atoms with E-state index in [0.717, 1.165) is 29.0 Å². The number of thiophene rings is 1. The number of ether oxygens (including phenoxy) is 1. The monoisotopic (exact) mass is 347 g/mol. The molecular formula is C17H18ClN3OS. The van der Waals surface area contributed by atoms with Crippen molar-refractivity contribution in [3.8, 4) is 11.1 Å². The summed E-state index contributed by atoms with van der Waals surface area (Å²) in [5.74, 6) is 0.791. The van der Waals surface area contributed by atoms with Gasteiger partial charge in [0.1, 0.15) is 10.6 Å². The van der Waals surface area contributed by atoms with Gasteiger partial charge in [0.25, 0.3) is 0 Å². The van der Waals surface area contributed by atoms with Crippen LogP contribution >= 0.6 is 22.9 Å². The van der Waals surface area contributed by atoms with Crippen LogP contribution in [0, 0.1) is 6.92 Å². The molecule has 0 saturated heterocycles. The van der Waals surface area contributed by atoms with E-state index in [1.807, 2.05) is 18.2 Å². The minimum atomic E-state index is 0.271. The summed E-state index contributed by atoms with van der Waals surface area (Å²) in [4.78, 5) is 10.9. The molecule has 0 bridgehead atoms. The van der Waals surface area contributed by atoms with Crippen LogP contribution in [0.25, 0.3) is 21.3 Å². The van der Waals surface area contributed by atoms with Crippen molar-refractivity contribution in [3.63, 3.8) is 0 Å². The smallest absolute Gasteiger partial charge is 0.225 e. The van der Waals surface area contributed by atoms with Crippen molar-refractivity contribution in [1.29, 1.82) is 0 Å². The lowest BCUT2D eigenvalue weighted by Gasteiger charge is -2.09. The molecule has 0 unspecified atom stereocenters. The van der Waals surface area contributed by atoms with Gasteiger partial charge in [0.2, 0.25) is 5.28 Å². The van der Waals surface area contributed by atoms with E-state index in [2.05, 4.69) is 34.3 Å².